The van der Waals surface area contributed by atoms with Crippen LogP contribution in [-0.4, -0.2) is 29.6 Å². The molecule has 0 amide bonds. The van der Waals surface area contributed by atoms with E-state index in [1.54, 1.807) is 9.36 Å². The predicted molar refractivity (Wildman–Crippen MR) is 129 cm³/mol. The first-order valence-corrected chi connectivity index (χ1v) is 10.7. The summed E-state index contributed by atoms with van der Waals surface area (Å²) in [5.41, 5.74) is 2.97. The molecule has 0 aliphatic rings. The number of fused-ring (bicyclic) bond motifs is 1. The van der Waals surface area contributed by atoms with E-state index in [1.807, 2.05) is 68.6 Å². The minimum absolute atomic E-state index is 0.211. The van der Waals surface area contributed by atoms with Crippen LogP contribution in [0, 0.1) is 10.5 Å². The highest BCUT2D eigenvalue weighted by Gasteiger charge is 2.20. The highest BCUT2D eigenvalue weighted by molar-refractivity contribution is 14.1. The number of hydrogen-bond donors (Lipinski definition) is 2. The standard InChI is InChI=1S/C21H17IN8O2/c1-12-16(21(31)30(29(12)2)15-6-4-3-5-7-15)24-18-17(23-14-10-8-13(22)9-11-14)25-19-20(26-18)28-32-27-19/h3-11H,1-2H3,(H,23,25,27)(H,24,26,28). The van der Waals surface area contributed by atoms with Crippen LogP contribution in [0.2, 0.25) is 0 Å². The van der Waals surface area contributed by atoms with Crippen molar-refractivity contribution in [2.75, 3.05) is 10.6 Å². The van der Waals surface area contributed by atoms with Crippen LogP contribution in [0.25, 0.3) is 17.0 Å². The van der Waals surface area contributed by atoms with E-state index in [-0.39, 0.29) is 16.9 Å². The molecule has 5 rings (SSSR count). The summed E-state index contributed by atoms with van der Waals surface area (Å²) in [6, 6.07) is 17.2. The molecule has 160 valence electrons. The third-order valence-corrected chi connectivity index (χ3v) is 5.74. The lowest BCUT2D eigenvalue weighted by Gasteiger charge is -2.11. The molecule has 3 aromatic heterocycles. The fourth-order valence-electron chi connectivity index (χ4n) is 3.31. The quantitative estimate of drug-likeness (QED) is 0.323. The van der Waals surface area contributed by atoms with Crippen LogP contribution in [0.5, 0.6) is 0 Å². The molecule has 0 atom stereocenters. The number of halogens is 1. The van der Waals surface area contributed by atoms with Crippen LogP contribution in [-0.2, 0) is 7.05 Å². The number of aromatic nitrogens is 6. The van der Waals surface area contributed by atoms with Gasteiger partial charge < -0.3 is 10.6 Å². The van der Waals surface area contributed by atoms with E-state index < -0.39 is 0 Å². The summed E-state index contributed by atoms with van der Waals surface area (Å²) in [4.78, 5) is 22.3. The number of para-hydroxylation sites is 1. The molecule has 32 heavy (non-hydrogen) atoms. The first-order valence-electron chi connectivity index (χ1n) is 9.65. The summed E-state index contributed by atoms with van der Waals surface area (Å²) in [6.45, 7) is 1.86. The van der Waals surface area contributed by atoms with Gasteiger partial charge >= 0.3 is 0 Å². The minimum Gasteiger partial charge on any atom is -0.337 e. The number of benzene rings is 2. The van der Waals surface area contributed by atoms with Crippen molar-refractivity contribution < 1.29 is 4.63 Å². The van der Waals surface area contributed by atoms with Crippen LogP contribution >= 0.6 is 22.6 Å². The first kappa shape index (κ1) is 20.2. The van der Waals surface area contributed by atoms with Crippen molar-refractivity contribution in [3.05, 3.63) is 74.2 Å². The third kappa shape index (κ3) is 3.60. The Balaban J connectivity index is 1.60. The molecule has 0 radical (unpaired) electrons. The minimum atomic E-state index is -0.211. The molecule has 11 heteroatoms. The van der Waals surface area contributed by atoms with E-state index in [2.05, 4.69) is 53.5 Å². The summed E-state index contributed by atoms with van der Waals surface area (Å²) >= 11 is 2.24. The monoisotopic (exact) mass is 540 g/mol. The van der Waals surface area contributed by atoms with Crippen LogP contribution in [0.3, 0.4) is 0 Å². The fraction of sp³-hybridized carbons (Fsp3) is 0.0952. The molecule has 0 fully saturated rings. The summed E-state index contributed by atoms with van der Waals surface area (Å²) in [5, 5.41) is 13.9. The van der Waals surface area contributed by atoms with Crippen LogP contribution < -0.4 is 16.2 Å². The van der Waals surface area contributed by atoms with Crippen molar-refractivity contribution >= 4 is 56.9 Å². The SMILES string of the molecule is Cc1c(Nc2nc3nonc3nc2Nc2ccc(I)cc2)c(=O)n(-c2ccccc2)n1C. The molecule has 0 bridgehead atoms. The molecular weight excluding hydrogens is 523 g/mol. The number of anilines is 4. The normalized spacial score (nSPS) is 11.1. The molecule has 0 saturated carbocycles. The Bertz CT molecular complexity index is 1470. The Morgan fingerprint density at radius 1 is 0.906 bits per heavy atom. The Kier molecular flexibility index (Phi) is 5.09. The lowest BCUT2D eigenvalue weighted by molar-refractivity contribution is 0.314. The van der Waals surface area contributed by atoms with Crippen LogP contribution in [0.15, 0.2) is 64.0 Å². The zero-order valence-electron chi connectivity index (χ0n) is 17.1. The second kappa shape index (κ2) is 8.07. The maximum atomic E-state index is 13.3. The van der Waals surface area contributed by atoms with Gasteiger partial charge in [0.05, 0.1) is 11.4 Å². The van der Waals surface area contributed by atoms with Crippen LogP contribution in [0.4, 0.5) is 23.0 Å². The van der Waals surface area contributed by atoms with Crippen molar-refractivity contribution in [1.29, 1.82) is 0 Å². The van der Waals surface area contributed by atoms with Gasteiger partial charge in [0.25, 0.3) is 5.56 Å². The summed E-state index contributed by atoms with van der Waals surface area (Å²) < 4.78 is 9.25. The van der Waals surface area contributed by atoms with Crippen LogP contribution in [0.1, 0.15) is 5.69 Å². The van der Waals surface area contributed by atoms with Gasteiger partial charge in [0.1, 0.15) is 5.69 Å². The average molecular weight is 540 g/mol. The zero-order valence-corrected chi connectivity index (χ0v) is 19.2. The molecule has 3 heterocycles. The van der Waals surface area contributed by atoms with E-state index in [4.69, 9.17) is 4.63 Å². The Morgan fingerprint density at radius 2 is 1.53 bits per heavy atom. The molecule has 10 nitrogen and oxygen atoms in total. The highest BCUT2D eigenvalue weighted by Crippen LogP contribution is 2.27. The van der Waals surface area contributed by atoms with Gasteiger partial charge in [-0.15, -0.1) is 0 Å². The Hall–Kier alpha value is -3.74. The topological polar surface area (TPSA) is 116 Å². The summed E-state index contributed by atoms with van der Waals surface area (Å²) in [6.07, 6.45) is 0. The van der Waals surface area contributed by atoms with Gasteiger partial charge in [-0.05, 0) is 76.2 Å². The molecule has 0 saturated heterocycles. The van der Waals surface area contributed by atoms with Gasteiger partial charge in [0, 0.05) is 16.3 Å². The highest BCUT2D eigenvalue weighted by atomic mass is 127. The van der Waals surface area contributed by atoms with E-state index in [1.165, 1.54) is 0 Å². The lowest BCUT2D eigenvalue weighted by atomic mass is 10.3. The molecule has 0 unspecified atom stereocenters. The zero-order chi connectivity index (χ0) is 22.2. The second-order valence-electron chi connectivity index (χ2n) is 7.03. The van der Waals surface area contributed by atoms with Gasteiger partial charge in [-0.3, -0.25) is 9.48 Å². The first-order chi connectivity index (χ1) is 15.5. The molecule has 0 aliphatic heterocycles. The van der Waals surface area contributed by atoms with Crippen molar-refractivity contribution in [1.82, 2.24) is 29.6 Å². The lowest BCUT2D eigenvalue weighted by Crippen LogP contribution is -2.20. The smallest absolute Gasteiger partial charge is 0.295 e. The predicted octanol–water partition coefficient (Wildman–Crippen LogP) is 3.90. The van der Waals surface area contributed by atoms with Gasteiger partial charge in [-0.1, -0.05) is 18.2 Å². The van der Waals surface area contributed by atoms with E-state index in [9.17, 15) is 4.79 Å². The Labute approximate surface area is 195 Å². The van der Waals surface area contributed by atoms with Crippen molar-refractivity contribution in [2.45, 2.75) is 6.92 Å². The fourth-order valence-corrected chi connectivity index (χ4v) is 3.67. The maximum Gasteiger partial charge on any atom is 0.295 e. The van der Waals surface area contributed by atoms with E-state index >= 15 is 0 Å². The van der Waals surface area contributed by atoms with Crippen molar-refractivity contribution in [3.8, 4) is 5.69 Å². The van der Waals surface area contributed by atoms with Gasteiger partial charge in [0.15, 0.2) is 11.6 Å². The second-order valence-corrected chi connectivity index (χ2v) is 8.27. The largest absolute Gasteiger partial charge is 0.337 e. The van der Waals surface area contributed by atoms with Gasteiger partial charge in [-0.25, -0.2) is 19.3 Å². The number of hydrogen-bond acceptors (Lipinski definition) is 8. The Morgan fingerprint density at radius 3 is 2.19 bits per heavy atom. The summed E-state index contributed by atoms with van der Waals surface area (Å²) in [5.74, 6) is 0.723. The maximum absolute atomic E-state index is 13.3. The van der Waals surface area contributed by atoms with Crippen molar-refractivity contribution in [3.63, 3.8) is 0 Å². The van der Waals surface area contributed by atoms with E-state index in [0.717, 1.165) is 20.6 Å². The third-order valence-electron chi connectivity index (χ3n) is 5.02. The molecule has 0 spiro atoms. The molecule has 2 aromatic carbocycles. The van der Waals surface area contributed by atoms with Crippen molar-refractivity contribution in [2.24, 2.45) is 7.05 Å². The molecule has 2 N–H and O–H groups in total. The van der Waals surface area contributed by atoms with E-state index in [0.29, 0.717) is 17.3 Å². The van der Waals surface area contributed by atoms with Gasteiger partial charge in [-0.2, -0.15) is 0 Å². The molecule has 5 aromatic rings. The number of nitrogens with zero attached hydrogens (tertiary/aromatic N) is 6. The molecule has 0 aliphatic carbocycles. The number of rotatable bonds is 5. The summed E-state index contributed by atoms with van der Waals surface area (Å²) in [7, 11) is 1.83. The average Bonchev–Trinajstić information content (AvgIpc) is 3.33. The number of nitrogens with one attached hydrogen (secondary N) is 2. The van der Waals surface area contributed by atoms with Gasteiger partial charge in [0.2, 0.25) is 11.3 Å². The molecular formula is C21H17IN8O2.